The summed E-state index contributed by atoms with van der Waals surface area (Å²) in [5.41, 5.74) is -0.594. The molecule has 0 radical (unpaired) electrons. The average Bonchev–Trinajstić information content (AvgIpc) is 2.03. The summed E-state index contributed by atoms with van der Waals surface area (Å²) < 4.78 is 0. The van der Waals surface area contributed by atoms with Crippen LogP contribution >= 0.6 is 0 Å². The van der Waals surface area contributed by atoms with Gasteiger partial charge in [-0.05, 0) is 26.9 Å². The van der Waals surface area contributed by atoms with Crippen molar-refractivity contribution in [3.8, 4) is 0 Å². The third-order valence-electron chi connectivity index (χ3n) is 2.06. The predicted octanol–water partition coefficient (Wildman–Crippen LogP) is 0.689. The first-order chi connectivity index (χ1) is 5.99. The molecular formula is C10H24N2O. The van der Waals surface area contributed by atoms with E-state index < -0.39 is 5.60 Å². The molecule has 3 nitrogen and oxygen atoms in total. The molecule has 0 fully saturated rings. The third kappa shape index (κ3) is 8.22. The van der Waals surface area contributed by atoms with Gasteiger partial charge in [-0.15, -0.1) is 0 Å². The topological polar surface area (TPSA) is 35.5 Å². The summed E-state index contributed by atoms with van der Waals surface area (Å²) in [6.07, 6.45) is 0. The quantitative estimate of drug-likeness (QED) is 0.577. The monoisotopic (exact) mass is 188 g/mol. The SMILES string of the molecule is CCN(CC)CCNCC(C)(C)O. The van der Waals surface area contributed by atoms with Gasteiger partial charge in [0.05, 0.1) is 5.60 Å². The van der Waals surface area contributed by atoms with E-state index >= 15 is 0 Å². The molecule has 13 heavy (non-hydrogen) atoms. The molecule has 0 bridgehead atoms. The van der Waals surface area contributed by atoms with E-state index in [9.17, 15) is 5.11 Å². The summed E-state index contributed by atoms with van der Waals surface area (Å²) in [5.74, 6) is 0. The summed E-state index contributed by atoms with van der Waals surface area (Å²) in [6.45, 7) is 12.8. The van der Waals surface area contributed by atoms with Gasteiger partial charge in [0.2, 0.25) is 0 Å². The van der Waals surface area contributed by atoms with Gasteiger partial charge in [0.25, 0.3) is 0 Å². The van der Waals surface area contributed by atoms with Crippen LogP contribution in [-0.4, -0.2) is 48.3 Å². The van der Waals surface area contributed by atoms with E-state index in [4.69, 9.17) is 0 Å². The molecule has 0 spiro atoms. The second-order valence-electron chi connectivity index (χ2n) is 4.02. The van der Waals surface area contributed by atoms with Crippen molar-refractivity contribution in [2.24, 2.45) is 0 Å². The van der Waals surface area contributed by atoms with E-state index in [1.54, 1.807) is 0 Å². The van der Waals surface area contributed by atoms with Crippen LogP contribution in [0.1, 0.15) is 27.7 Å². The van der Waals surface area contributed by atoms with Crippen LogP contribution in [0.15, 0.2) is 0 Å². The van der Waals surface area contributed by atoms with Crippen molar-refractivity contribution < 1.29 is 5.11 Å². The van der Waals surface area contributed by atoms with E-state index in [1.807, 2.05) is 13.8 Å². The van der Waals surface area contributed by atoms with Gasteiger partial charge in [-0.25, -0.2) is 0 Å². The lowest BCUT2D eigenvalue weighted by atomic mass is 10.1. The molecule has 0 aromatic carbocycles. The van der Waals surface area contributed by atoms with Crippen molar-refractivity contribution in [1.29, 1.82) is 0 Å². The molecule has 0 aromatic heterocycles. The first-order valence-corrected chi connectivity index (χ1v) is 5.15. The Morgan fingerprint density at radius 2 is 1.77 bits per heavy atom. The van der Waals surface area contributed by atoms with Crippen LogP contribution in [0.3, 0.4) is 0 Å². The third-order valence-corrected chi connectivity index (χ3v) is 2.06. The lowest BCUT2D eigenvalue weighted by molar-refractivity contribution is 0.0792. The summed E-state index contributed by atoms with van der Waals surface area (Å²) in [5, 5.41) is 12.7. The van der Waals surface area contributed by atoms with Gasteiger partial charge in [-0.2, -0.15) is 0 Å². The Morgan fingerprint density at radius 1 is 1.23 bits per heavy atom. The van der Waals surface area contributed by atoms with Crippen LogP contribution in [0.2, 0.25) is 0 Å². The normalized spacial score (nSPS) is 12.5. The fourth-order valence-electron chi connectivity index (χ4n) is 1.17. The Hall–Kier alpha value is -0.120. The van der Waals surface area contributed by atoms with Crippen LogP contribution in [-0.2, 0) is 0 Å². The summed E-state index contributed by atoms with van der Waals surface area (Å²) in [6, 6.07) is 0. The fraction of sp³-hybridized carbons (Fsp3) is 1.00. The molecule has 0 saturated heterocycles. The average molecular weight is 188 g/mol. The zero-order valence-corrected chi connectivity index (χ0v) is 9.43. The maximum Gasteiger partial charge on any atom is 0.0715 e. The zero-order chi connectivity index (χ0) is 10.3. The second-order valence-corrected chi connectivity index (χ2v) is 4.02. The minimum Gasteiger partial charge on any atom is -0.389 e. The number of nitrogens with zero attached hydrogens (tertiary/aromatic N) is 1. The minimum atomic E-state index is -0.594. The molecule has 0 unspecified atom stereocenters. The highest BCUT2D eigenvalue weighted by Crippen LogP contribution is 1.96. The van der Waals surface area contributed by atoms with Gasteiger partial charge in [0.15, 0.2) is 0 Å². The van der Waals surface area contributed by atoms with E-state index in [2.05, 4.69) is 24.1 Å². The Morgan fingerprint density at radius 3 is 2.15 bits per heavy atom. The summed E-state index contributed by atoms with van der Waals surface area (Å²) in [7, 11) is 0. The minimum absolute atomic E-state index is 0.594. The van der Waals surface area contributed by atoms with Gasteiger partial charge >= 0.3 is 0 Å². The van der Waals surface area contributed by atoms with Crippen molar-refractivity contribution in [3.63, 3.8) is 0 Å². The highest BCUT2D eigenvalue weighted by atomic mass is 16.3. The van der Waals surface area contributed by atoms with Crippen molar-refractivity contribution in [1.82, 2.24) is 10.2 Å². The molecule has 80 valence electrons. The molecule has 0 amide bonds. The number of aliphatic hydroxyl groups is 1. The Kier molecular flexibility index (Phi) is 6.29. The molecule has 3 heteroatoms. The number of likely N-dealkylation sites (N-methyl/N-ethyl adjacent to an activating group) is 1. The number of hydrogen-bond acceptors (Lipinski definition) is 3. The lowest BCUT2D eigenvalue weighted by Crippen LogP contribution is -2.39. The first-order valence-electron chi connectivity index (χ1n) is 5.15. The Labute approximate surface area is 82.1 Å². The molecule has 0 aliphatic carbocycles. The first kappa shape index (κ1) is 12.9. The second kappa shape index (κ2) is 6.35. The van der Waals surface area contributed by atoms with E-state index in [-0.39, 0.29) is 0 Å². The fourth-order valence-corrected chi connectivity index (χ4v) is 1.17. The largest absolute Gasteiger partial charge is 0.389 e. The van der Waals surface area contributed by atoms with Gasteiger partial charge in [-0.1, -0.05) is 13.8 Å². The van der Waals surface area contributed by atoms with Crippen molar-refractivity contribution in [2.75, 3.05) is 32.7 Å². The van der Waals surface area contributed by atoms with Crippen LogP contribution in [0.5, 0.6) is 0 Å². The molecule has 2 N–H and O–H groups in total. The van der Waals surface area contributed by atoms with Gasteiger partial charge < -0.3 is 15.3 Å². The molecule has 0 heterocycles. The van der Waals surface area contributed by atoms with Crippen molar-refractivity contribution in [2.45, 2.75) is 33.3 Å². The molecule has 0 saturated carbocycles. The van der Waals surface area contributed by atoms with Gasteiger partial charge in [-0.3, -0.25) is 0 Å². The summed E-state index contributed by atoms with van der Waals surface area (Å²) >= 11 is 0. The maximum absolute atomic E-state index is 9.42. The standard InChI is InChI=1S/C10H24N2O/c1-5-12(6-2)8-7-11-9-10(3,4)13/h11,13H,5-9H2,1-4H3. The van der Waals surface area contributed by atoms with Crippen LogP contribution in [0, 0.1) is 0 Å². The van der Waals surface area contributed by atoms with Crippen LogP contribution in [0.4, 0.5) is 0 Å². The Balaban J connectivity index is 3.34. The van der Waals surface area contributed by atoms with E-state index in [0.29, 0.717) is 6.54 Å². The predicted molar refractivity (Wildman–Crippen MR) is 57.0 cm³/mol. The molecular weight excluding hydrogens is 164 g/mol. The maximum atomic E-state index is 9.42. The highest BCUT2D eigenvalue weighted by molar-refractivity contribution is 4.68. The van der Waals surface area contributed by atoms with Crippen molar-refractivity contribution >= 4 is 0 Å². The molecule has 0 aromatic rings. The Bertz CT molecular complexity index is 117. The van der Waals surface area contributed by atoms with E-state index in [0.717, 1.165) is 26.2 Å². The molecule has 0 rings (SSSR count). The van der Waals surface area contributed by atoms with Gasteiger partial charge in [0, 0.05) is 19.6 Å². The van der Waals surface area contributed by atoms with Gasteiger partial charge in [0.1, 0.15) is 0 Å². The lowest BCUT2D eigenvalue weighted by Gasteiger charge is -2.21. The number of rotatable bonds is 7. The van der Waals surface area contributed by atoms with Crippen LogP contribution < -0.4 is 5.32 Å². The summed E-state index contributed by atoms with van der Waals surface area (Å²) in [4.78, 5) is 2.36. The van der Waals surface area contributed by atoms with Crippen molar-refractivity contribution in [3.05, 3.63) is 0 Å². The highest BCUT2D eigenvalue weighted by Gasteiger charge is 2.10. The molecule has 0 atom stereocenters. The van der Waals surface area contributed by atoms with Crippen LogP contribution in [0.25, 0.3) is 0 Å². The molecule has 0 aliphatic heterocycles. The number of hydrogen-bond donors (Lipinski definition) is 2. The number of nitrogens with one attached hydrogen (secondary N) is 1. The van der Waals surface area contributed by atoms with E-state index in [1.165, 1.54) is 0 Å². The molecule has 0 aliphatic rings. The zero-order valence-electron chi connectivity index (χ0n) is 9.43. The smallest absolute Gasteiger partial charge is 0.0715 e.